The third kappa shape index (κ3) is 4.57. The minimum absolute atomic E-state index is 0.0750. The van der Waals surface area contributed by atoms with Crippen molar-refractivity contribution in [3.05, 3.63) is 83.4 Å². The average Bonchev–Trinajstić information content (AvgIpc) is 2.69. The predicted octanol–water partition coefficient (Wildman–Crippen LogP) is 4.37. The Bertz CT molecular complexity index is 1160. The molecule has 0 heterocycles. The summed E-state index contributed by atoms with van der Waals surface area (Å²) < 4.78 is 33.7. The second-order valence-corrected chi connectivity index (χ2v) is 8.21. The van der Waals surface area contributed by atoms with Crippen molar-refractivity contribution < 1.29 is 17.9 Å². The van der Waals surface area contributed by atoms with Gasteiger partial charge in [0, 0.05) is 11.3 Å². The maximum Gasteiger partial charge on any atom is 0.262 e. The van der Waals surface area contributed by atoms with Gasteiger partial charge in [0.1, 0.15) is 5.75 Å². The van der Waals surface area contributed by atoms with Crippen LogP contribution in [0.3, 0.4) is 0 Å². The van der Waals surface area contributed by atoms with Gasteiger partial charge in [0.25, 0.3) is 15.9 Å². The van der Waals surface area contributed by atoms with Crippen LogP contribution in [0.15, 0.2) is 71.6 Å². The van der Waals surface area contributed by atoms with E-state index in [1.165, 1.54) is 13.2 Å². The number of benzene rings is 3. The Kier molecular flexibility index (Phi) is 5.89. The van der Waals surface area contributed by atoms with Crippen molar-refractivity contribution in [2.75, 3.05) is 17.1 Å². The van der Waals surface area contributed by atoms with Crippen LogP contribution in [0, 0.1) is 13.8 Å². The summed E-state index contributed by atoms with van der Waals surface area (Å²) in [7, 11) is -2.42. The van der Waals surface area contributed by atoms with Crippen molar-refractivity contribution in [3.63, 3.8) is 0 Å². The number of nitrogens with one attached hydrogen (secondary N) is 2. The minimum atomic E-state index is -3.89. The third-order valence-electron chi connectivity index (χ3n) is 4.48. The fourth-order valence-corrected chi connectivity index (χ4v) is 4.26. The first-order valence-electron chi connectivity index (χ1n) is 8.95. The standard InChI is InChI=1S/C22H22N2O4S/c1-15-8-4-5-9-18(15)22(25)23-17-13-12-16(2)21(14-17)29(26,27)24-19-10-6-7-11-20(19)28-3/h4-14,24H,1-3H3,(H,23,25). The van der Waals surface area contributed by atoms with E-state index in [9.17, 15) is 13.2 Å². The summed E-state index contributed by atoms with van der Waals surface area (Å²) in [5.74, 6) is 0.116. The van der Waals surface area contributed by atoms with Gasteiger partial charge in [0.2, 0.25) is 0 Å². The second kappa shape index (κ2) is 8.36. The maximum atomic E-state index is 13.0. The molecule has 0 aliphatic rings. The zero-order chi connectivity index (χ0) is 21.0. The number of ether oxygens (including phenoxy) is 1. The molecule has 3 aromatic rings. The Morgan fingerprint density at radius 1 is 0.897 bits per heavy atom. The Morgan fingerprint density at radius 3 is 2.31 bits per heavy atom. The van der Waals surface area contributed by atoms with E-state index in [2.05, 4.69) is 10.0 Å². The molecule has 0 aliphatic carbocycles. The zero-order valence-electron chi connectivity index (χ0n) is 16.4. The quantitative estimate of drug-likeness (QED) is 0.632. The molecule has 0 fully saturated rings. The third-order valence-corrected chi connectivity index (χ3v) is 5.98. The SMILES string of the molecule is COc1ccccc1NS(=O)(=O)c1cc(NC(=O)c2ccccc2C)ccc1C. The van der Waals surface area contributed by atoms with Gasteiger partial charge in [0.15, 0.2) is 0 Å². The predicted molar refractivity (Wildman–Crippen MR) is 114 cm³/mol. The lowest BCUT2D eigenvalue weighted by atomic mass is 10.1. The number of aryl methyl sites for hydroxylation is 2. The highest BCUT2D eigenvalue weighted by atomic mass is 32.2. The van der Waals surface area contributed by atoms with Gasteiger partial charge in [0.05, 0.1) is 17.7 Å². The fraction of sp³-hybridized carbons (Fsp3) is 0.136. The molecule has 0 bridgehead atoms. The van der Waals surface area contributed by atoms with Crippen LogP contribution in [0.2, 0.25) is 0 Å². The number of amides is 1. The van der Waals surface area contributed by atoms with Crippen LogP contribution in [0.25, 0.3) is 0 Å². The maximum absolute atomic E-state index is 13.0. The lowest BCUT2D eigenvalue weighted by molar-refractivity contribution is 0.102. The molecule has 0 saturated heterocycles. The lowest BCUT2D eigenvalue weighted by Crippen LogP contribution is -2.17. The van der Waals surface area contributed by atoms with Gasteiger partial charge < -0.3 is 10.1 Å². The minimum Gasteiger partial charge on any atom is -0.495 e. The summed E-state index contributed by atoms with van der Waals surface area (Å²) in [5.41, 5.74) is 2.65. The molecule has 2 N–H and O–H groups in total. The van der Waals surface area contributed by atoms with E-state index >= 15 is 0 Å². The van der Waals surface area contributed by atoms with Gasteiger partial charge in [-0.25, -0.2) is 8.42 Å². The lowest BCUT2D eigenvalue weighted by Gasteiger charge is -2.14. The number of para-hydroxylation sites is 2. The van der Waals surface area contributed by atoms with Crippen LogP contribution in [0.5, 0.6) is 5.75 Å². The fourth-order valence-electron chi connectivity index (χ4n) is 2.92. The summed E-state index contributed by atoms with van der Waals surface area (Å²) in [6, 6.07) is 18.7. The van der Waals surface area contributed by atoms with Crippen LogP contribution < -0.4 is 14.8 Å². The molecule has 0 atom stereocenters. The molecule has 0 saturated carbocycles. The smallest absolute Gasteiger partial charge is 0.262 e. The van der Waals surface area contributed by atoms with E-state index in [0.29, 0.717) is 28.3 Å². The van der Waals surface area contributed by atoms with Crippen LogP contribution in [-0.2, 0) is 10.0 Å². The molecule has 7 heteroatoms. The summed E-state index contributed by atoms with van der Waals surface area (Å²) in [6.45, 7) is 3.54. The summed E-state index contributed by atoms with van der Waals surface area (Å²) in [6.07, 6.45) is 0. The zero-order valence-corrected chi connectivity index (χ0v) is 17.2. The number of methoxy groups -OCH3 is 1. The Morgan fingerprint density at radius 2 is 1.59 bits per heavy atom. The van der Waals surface area contributed by atoms with Crippen molar-refractivity contribution >= 4 is 27.3 Å². The number of hydrogen-bond donors (Lipinski definition) is 2. The van der Waals surface area contributed by atoms with Gasteiger partial charge in [-0.1, -0.05) is 36.4 Å². The van der Waals surface area contributed by atoms with E-state index in [0.717, 1.165) is 5.56 Å². The molecule has 0 aliphatic heterocycles. The molecule has 150 valence electrons. The average molecular weight is 410 g/mol. The van der Waals surface area contributed by atoms with Crippen LogP contribution in [-0.4, -0.2) is 21.4 Å². The van der Waals surface area contributed by atoms with E-state index in [4.69, 9.17) is 4.74 Å². The van der Waals surface area contributed by atoms with E-state index in [1.807, 2.05) is 19.1 Å². The van der Waals surface area contributed by atoms with Gasteiger partial charge >= 0.3 is 0 Å². The Hall–Kier alpha value is -3.32. The number of anilines is 2. The normalized spacial score (nSPS) is 11.0. The van der Waals surface area contributed by atoms with Crippen LogP contribution in [0.1, 0.15) is 21.5 Å². The first-order chi connectivity index (χ1) is 13.8. The largest absolute Gasteiger partial charge is 0.495 e. The first kappa shape index (κ1) is 20.4. The highest BCUT2D eigenvalue weighted by Gasteiger charge is 2.20. The molecule has 3 rings (SSSR count). The van der Waals surface area contributed by atoms with Crippen molar-refractivity contribution in [1.82, 2.24) is 0 Å². The second-order valence-electron chi connectivity index (χ2n) is 6.56. The van der Waals surface area contributed by atoms with Crippen molar-refractivity contribution in [1.29, 1.82) is 0 Å². The molecule has 6 nitrogen and oxygen atoms in total. The first-order valence-corrected chi connectivity index (χ1v) is 10.4. The van der Waals surface area contributed by atoms with E-state index in [1.54, 1.807) is 55.5 Å². The number of carbonyl (C=O) groups is 1. The van der Waals surface area contributed by atoms with Gasteiger partial charge in [-0.2, -0.15) is 0 Å². The molecular weight excluding hydrogens is 388 g/mol. The van der Waals surface area contributed by atoms with Crippen molar-refractivity contribution in [2.24, 2.45) is 0 Å². The topological polar surface area (TPSA) is 84.5 Å². The summed E-state index contributed by atoms with van der Waals surface area (Å²) >= 11 is 0. The number of sulfonamides is 1. The Balaban J connectivity index is 1.90. The molecular formula is C22H22N2O4S. The summed E-state index contributed by atoms with van der Waals surface area (Å²) in [4.78, 5) is 12.6. The monoisotopic (exact) mass is 410 g/mol. The molecule has 0 radical (unpaired) electrons. The Labute approximate surface area is 170 Å². The van der Waals surface area contributed by atoms with Crippen molar-refractivity contribution in [3.8, 4) is 5.75 Å². The van der Waals surface area contributed by atoms with Crippen LogP contribution in [0.4, 0.5) is 11.4 Å². The summed E-state index contributed by atoms with van der Waals surface area (Å²) in [5, 5.41) is 2.77. The molecule has 3 aromatic carbocycles. The molecule has 0 spiro atoms. The number of hydrogen-bond acceptors (Lipinski definition) is 4. The highest BCUT2D eigenvalue weighted by Crippen LogP contribution is 2.28. The molecule has 1 amide bonds. The van der Waals surface area contributed by atoms with Gasteiger partial charge in [-0.05, 0) is 55.3 Å². The molecule has 0 unspecified atom stereocenters. The van der Waals surface area contributed by atoms with Crippen LogP contribution >= 0.6 is 0 Å². The van der Waals surface area contributed by atoms with E-state index in [-0.39, 0.29) is 10.8 Å². The highest BCUT2D eigenvalue weighted by molar-refractivity contribution is 7.92. The van der Waals surface area contributed by atoms with Gasteiger partial charge in [-0.3, -0.25) is 9.52 Å². The van der Waals surface area contributed by atoms with Crippen molar-refractivity contribution in [2.45, 2.75) is 18.7 Å². The number of rotatable bonds is 6. The number of carbonyl (C=O) groups excluding carboxylic acids is 1. The van der Waals surface area contributed by atoms with Gasteiger partial charge in [-0.15, -0.1) is 0 Å². The molecule has 0 aromatic heterocycles. The molecule has 29 heavy (non-hydrogen) atoms. The van der Waals surface area contributed by atoms with E-state index < -0.39 is 10.0 Å².